The molecule has 1 aliphatic rings. The van der Waals surface area contributed by atoms with E-state index in [4.69, 9.17) is 0 Å². The van der Waals surface area contributed by atoms with E-state index in [0.29, 0.717) is 13.1 Å². The molecule has 0 saturated heterocycles. The van der Waals surface area contributed by atoms with Crippen molar-refractivity contribution in [1.82, 2.24) is 20.2 Å². The van der Waals surface area contributed by atoms with Crippen molar-refractivity contribution in [2.45, 2.75) is 32.6 Å². The SMILES string of the molecule is Cc1nc2c(c(NCCNC(=O)N(C)C)n1)CCCC2. The van der Waals surface area contributed by atoms with Crippen LogP contribution >= 0.6 is 0 Å². The fraction of sp³-hybridized carbons (Fsp3) is 0.643. The van der Waals surface area contributed by atoms with Gasteiger partial charge in [-0.3, -0.25) is 0 Å². The molecule has 0 fully saturated rings. The Bertz CT molecular complexity index is 487. The highest BCUT2D eigenvalue weighted by atomic mass is 16.2. The van der Waals surface area contributed by atoms with E-state index in [1.807, 2.05) is 6.92 Å². The third-order valence-corrected chi connectivity index (χ3v) is 3.39. The van der Waals surface area contributed by atoms with Crippen molar-refractivity contribution in [3.63, 3.8) is 0 Å². The second kappa shape index (κ2) is 6.54. The summed E-state index contributed by atoms with van der Waals surface area (Å²) in [5, 5.41) is 6.15. The van der Waals surface area contributed by atoms with Crippen LogP contribution in [-0.4, -0.2) is 48.1 Å². The lowest BCUT2D eigenvalue weighted by Crippen LogP contribution is -2.37. The van der Waals surface area contributed by atoms with E-state index < -0.39 is 0 Å². The number of urea groups is 1. The summed E-state index contributed by atoms with van der Waals surface area (Å²) in [6.07, 6.45) is 4.50. The van der Waals surface area contributed by atoms with Crippen molar-refractivity contribution < 1.29 is 4.79 Å². The number of nitrogens with one attached hydrogen (secondary N) is 2. The van der Waals surface area contributed by atoms with E-state index in [1.165, 1.54) is 29.0 Å². The van der Waals surface area contributed by atoms with Crippen LogP contribution in [0.2, 0.25) is 0 Å². The highest BCUT2D eigenvalue weighted by Gasteiger charge is 2.16. The molecular formula is C14H23N5O. The van der Waals surface area contributed by atoms with Crippen LogP contribution in [-0.2, 0) is 12.8 Å². The lowest BCUT2D eigenvalue weighted by molar-refractivity contribution is 0.218. The molecule has 1 aromatic rings. The fourth-order valence-corrected chi connectivity index (χ4v) is 2.37. The largest absolute Gasteiger partial charge is 0.368 e. The minimum atomic E-state index is -0.0762. The number of fused-ring (bicyclic) bond motifs is 1. The normalized spacial score (nSPS) is 13.6. The van der Waals surface area contributed by atoms with Crippen molar-refractivity contribution in [3.8, 4) is 0 Å². The molecule has 6 heteroatoms. The van der Waals surface area contributed by atoms with Gasteiger partial charge in [-0.1, -0.05) is 0 Å². The predicted molar refractivity (Wildman–Crippen MR) is 79.0 cm³/mol. The van der Waals surface area contributed by atoms with Gasteiger partial charge in [0, 0.05) is 38.4 Å². The molecule has 1 aromatic heterocycles. The third-order valence-electron chi connectivity index (χ3n) is 3.39. The van der Waals surface area contributed by atoms with Gasteiger partial charge in [-0.15, -0.1) is 0 Å². The highest BCUT2D eigenvalue weighted by molar-refractivity contribution is 5.73. The molecule has 0 aliphatic heterocycles. The Morgan fingerprint density at radius 1 is 1.20 bits per heavy atom. The van der Waals surface area contributed by atoms with Gasteiger partial charge in [0.1, 0.15) is 11.6 Å². The average Bonchev–Trinajstić information content (AvgIpc) is 2.42. The molecule has 2 rings (SSSR count). The Hall–Kier alpha value is -1.85. The average molecular weight is 277 g/mol. The second-order valence-electron chi connectivity index (χ2n) is 5.30. The molecule has 0 unspecified atom stereocenters. The summed E-state index contributed by atoms with van der Waals surface area (Å²) in [4.78, 5) is 21.9. The van der Waals surface area contributed by atoms with Gasteiger partial charge in [-0.2, -0.15) is 0 Å². The molecule has 110 valence electrons. The fourth-order valence-electron chi connectivity index (χ4n) is 2.37. The van der Waals surface area contributed by atoms with Crippen molar-refractivity contribution >= 4 is 11.8 Å². The van der Waals surface area contributed by atoms with Gasteiger partial charge in [0.25, 0.3) is 0 Å². The summed E-state index contributed by atoms with van der Waals surface area (Å²) < 4.78 is 0. The quantitative estimate of drug-likeness (QED) is 0.815. The van der Waals surface area contributed by atoms with Gasteiger partial charge in [-0.05, 0) is 32.6 Å². The molecule has 6 nitrogen and oxygen atoms in total. The maximum absolute atomic E-state index is 11.4. The van der Waals surface area contributed by atoms with E-state index >= 15 is 0 Å². The smallest absolute Gasteiger partial charge is 0.316 e. The Morgan fingerprint density at radius 2 is 1.95 bits per heavy atom. The minimum Gasteiger partial charge on any atom is -0.368 e. The number of carbonyl (C=O) groups excluding carboxylic acids is 1. The molecule has 0 radical (unpaired) electrons. The monoisotopic (exact) mass is 277 g/mol. The van der Waals surface area contributed by atoms with E-state index in [9.17, 15) is 4.79 Å². The molecule has 0 aromatic carbocycles. The maximum atomic E-state index is 11.4. The lowest BCUT2D eigenvalue weighted by atomic mass is 9.96. The number of carbonyl (C=O) groups is 1. The molecule has 1 heterocycles. The number of anilines is 1. The molecule has 2 N–H and O–H groups in total. The Balaban J connectivity index is 1.93. The van der Waals surface area contributed by atoms with Gasteiger partial charge >= 0.3 is 6.03 Å². The van der Waals surface area contributed by atoms with E-state index in [2.05, 4.69) is 20.6 Å². The van der Waals surface area contributed by atoms with Crippen LogP contribution < -0.4 is 10.6 Å². The summed E-state index contributed by atoms with van der Waals surface area (Å²) in [5.74, 6) is 1.75. The van der Waals surface area contributed by atoms with Gasteiger partial charge in [-0.25, -0.2) is 14.8 Å². The number of aromatic nitrogens is 2. The van der Waals surface area contributed by atoms with Crippen molar-refractivity contribution in [1.29, 1.82) is 0 Å². The van der Waals surface area contributed by atoms with Crippen LogP contribution in [0.1, 0.15) is 29.9 Å². The first-order valence-electron chi connectivity index (χ1n) is 7.13. The molecule has 2 amide bonds. The number of hydrogen-bond acceptors (Lipinski definition) is 4. The molecule has 1 aliphatic carbocycles. The summed E-state index contributed by atoms with van der Waals surface area (Å²) in [7, 11) is 3.46. The van der Waals surface area contributed by atoms with E-state index in [1.54, 1.807) is 14.1 Å². The Morgan fingerprint density at radius 3 is 2.70 bits per heavy atom. The maximum Gasteiger partial charge on any atom is 0.316 e. The van der Waals surface area contributed by atoms with Crippen molar-refractivity contribution in [2.75, 3.05) is 32.5 Å². The van der Waals surface area contributed by atoms with Gasteiger partial charge in [0.15, 0.2) is 0 Å². The van der Waals surface area contributed by atoms with Gasteiger partial charge < -0.3 is 15.5 Å². The molecule has 0 saturated carbocycles. The number of rotatable bonds is 4. The first-order valence-corrected chi connectivity index (χ1v) is 7.13. The molecule has 20 heavy (non-hydrogen) atoms. The number of nitrogens with zero attached hydrogens (tertiary/aromatic N) is 3. The zero-order valence-electron chi connectivity index (χ0n) is 12.5. The van der Waals surface area contributed by atoms with Gasteiger partial charge in [0.05, 0.1) is 0 Å². The molecular weight excluding hydrogens is 254 g/mol. The molecule has 0 atom stereocenters. The number of aryl methyl sites for hydroxylation is 2. The summed E-state index contributed by atoms with van der Waals surface area (Å²) in [6.45, 7) is 3.17. The van der Waals surface area contributed by atoms with Crippen LogP contribution in [0.5, 0.6) is 0 Å². The van der Waals surface area contributed by atoms with Crippen molar-refractivity contribution in [2.24, 2.45) is 0 Å². The standard InChI is InChI=1S/C14H23N5O/c1-10-17-12-7-5-4-6-11(12)13(18-10)15-8-9-16-14(20)19(2)3/h4-9H2,1-3H3,(H,16,20)(H,15,17,18). The topological polar surface area (TPSA) is 70.2 Å². The number of hydrogen-bond donors (Lipinski definition) is 2. The van der Waals surface area contributed by atoms with Gasteiger partial charge in [0.2, 0.25) is 0 Å². The van der Waals surface area contributed by atoms with Crippen molar-refractivity contribution in [3.05, 3.63) is 17.1 Å². The first kappa shape index (κ1) is 14.6. The summed E-state index contributed by atoms with van der Waals surface area (Å²) >= 11 is 0. The Kier molecular flexibility index (Phi) is 4.76. The first-order chi connectivity index (χ1) is 9.58. The predicted octanol–water partition coefficient (Wildman–Crippen LogP) is 1.35. The lowest BCUT2D eigenvalue weighted by Gasteiger charge is -2.19. The van der Waals surface area contributed by atoms with Crippen LogP contribution in [0.25, 0.3) is 0 Å². The molecule has 0 bridgehead atoms. The third kappa shape index (κ3) is 3.59. The van der Waals surface area contributed by atoms with Crippen LogP contribution in [0.3, 0.4) is 0 Å². The summed E-state index contributed by atoms with van der Waals surface area (Å²) in [5.41, 5.74) is 2.43. The molecule has 0 spiro atoms. The minimum absolute atomic E-state index is 0.0762. The number of amides is 2. The zero-order valence-corrected chi connectivity index (χ0v) is 12.5. The Labute approximate surface area is 120 Å². The highest BCUT2D eigenvalue weighted by Crippen LogP contribution is 2.25. The van der Waals surface area contributed by atoms with Crippen LogP contribution in [0, 0.1) is 6.92 Å². The summed E-state index contributed by atoms with van der Waals surface area (Å²) in [6, 6.07) is -0.0762. The second-order valence-corrected chi connectivity index (χ2v) is 5.30. The van der Waals surface area contributed by atoms with E-state index in [0.717, 1.165) is 24.5 Å². The van der Waals surface area contributed by atoms with Crippen LogP contribution in [0.15, 0.2) is 0 Å². The van der Waals surface area contributed by atoms with Crippen LogP contribution in [0.4, 0.5) is 10.6 Å². The zero-order chi connectivity index (χ0) is 14.5. The van der Waals surface area contributed by atoms with E-state index in [-0.39, 0.29) is 6.03 Å².